The average molecular weight is 308 g/mol. The number of aromatic nitrogens is 1. The maximum absolute atomic E-state index is 13.5. The van der Waals surface area contributed by atoms with Gasteiger partial charge in [-0.1, -0.05) is 0 Å². The summed E-state index contributed by atoms with van der Waals surface area (Å²) in [4.78, 5) is 5.72. The molecule has 1 aliphatic heterocycles. The van der Waals surface area contributed by atoms with E-state index in [1.165, 1.54) is 16.6 Å². The van der Waals surface area contributed by atoms with Gasteiger partial charge in [-0.25, -0.2) is 17.8 Å². The molecule has 0 saturated carbocycles. The van der Waals surface area contributed by atoms with Crippen molar-refractivity contribution in [3.63, 3.8) is 0 Å². The molecule has 0 amide bonds. The molecule has 0 aliphatic carbocycles. The summed E-state index contributed by atoms with van der Waals surface area (Å²) >= 11 is 5.64. The van der Waals surface area contributed by atoms with Crippen molar-refractivity contribution in [3.8, 4) is 0 Å². The van der Waals surface area contributed by atoms with Crippen molar-refractivity contribution in [2.45, 2.75) is 5.03 Å². The number of sulfonamides is 1. The number of pyridine rings is 1. The second kappa shape index (κ2) is 6.13. The van der Waals surface area contributed by atoms with Crippen LogP contribution in [-0.4, -0.2) is 61.2 Å². The summed E-state index contributed by atoms with van der Waals surface area (Å²) in [5, 5.41) is -0.499. The van der Waals surface area contributed by atoms with Crippen LogP contribution in [0.3, 0.4) is 0 Å². The minimum absolute atomic E-state index is 0.329. The molecule has 0 bridgehead atoms. The smallest absolute Gasteiger partial charge is 0.263 e. The predicted octanol–water partition coefficient (Wildman–Crippen LogP) is 0.766. The molecule has 0 unspecified atom stereocenters. The molecule has 106 valence electrons. The summed E-state index contributed by atoms with van der Waals surface area (Å²) < 4.78 is 39.3. The second-order valence-corrected chi connectivity index (χ2v) is 6.46. The molecule has 19 heavy (non-hydrogen) atoms. The quantitative estimate of drug-likeness (QED) is 0.771. The SMILES string of the molecule is O=S(=O)(c1ncccc1F)N1CCN(CCCl)CC1. The molecule has 1 saturated heterocycles. The van der Waals surface area contributed by atoms with Gasteiger partial charge >= 0.3 is 0 Å². The van der Waals surface area contributed by atoms with Gasteiger partial charge in [-0.2, -0.15) is 4.31 Å². The first-order valence-corrected chi connectivity index (χ1v) is 7.92. The van der Waals surface area contributed by atoms with Crippen LogP contribution in [0.5, 0.6) is 0 Å². The summed E-state index contributed by atoms with van der Waals surface area (Å²) in [6, 6.07) is 2.47. The fraction of sp³-hybridized carbons (Fsp3) is 0.545. The maximum atomic E-state index is 13.5. The predicted molar refractivity (Wildman–Crippen MR) is 70.1 cm³/mol. The monoisotopic (exact) mass is 307 g/mol. The zero-order valence-electron chi connectivity index (χ0n) is 10.3. The molecule has 1 aliphatic rings. The normalized spacial score (nSPS) is 18.6. The van der Waals surface area contributed by atoms with Crippen LogP contribution in [-0.2, 0) is 10.0 Å². The molecule has 0 spiro atoms. The number of hydrogen-bond acceptors (Lipinski definition) is 4. The van der Waals surface area contributed by atoms with Crippen molar-refractivity contribution in [1.29, 1.82) is 0 Å². The van der Waals surface area contributed by atoms with Crippen LogP contribution in [0.15, 0.2) is 23.4 Å². The fourth-order valence-corrected chi connectivity index (χ4v) is 3.63. The molecule has 1 aromatic heterocycles. The summed E-state index contributed by atoms with van der Waals surface area (Å²) in [5.74, 6) is -0.299. The van der Waals surface area contributed by atoms with E-state index in [0.29, 0.717) is 32.1 Å². The Morgan fingerprint density at radius 1 is 1.32 bits per heavy atom. The van der Waals surface area contributed by atoms with Gasteiger partial charge in [0.05, 0.1) is 0 Å². The topological polar surface area (TPSA) is 53.5 Å². The van der Waals surface area contributed by atoms with Crippen molar-refractivity contribution < 1.29 is 12.8 Å². The largest absolute Gasteiger partial charge is 0.300 e. The van der Waals surface area contributed by atoms with Crippen molar-refractivity contribution in [1.82, 2.24) is 14.2 Å². The summed E-state index contributed by atoms with van der Waals surface area (Å²) in [5.41, 5.74) is 0. The lowest BCUT2D eigenvalue weighted by atomic mass is 10.4. The highest BCUT2D eigenvalue weighted by atomic mass is 35.5. The van der Waals surface area contributed by atoms with Gasteiger partial charge in [-0.15, -0.1) is 11.6 Å². The molecule has 8 heteroatoms. The van der Waals surface area contributed by atoms with Gasteiger partial charge in [-0.05, 0) is 12.1 Å². The Labute approximate surface area is 117 Å². The highest BCUT2D eigenvalue weighted by Crippen LogP contribution is 2.18. The van der Waals surface area contributed by atoms with Crippen LogP contribution in [0.2, 0.25) is 0 Å². The third-order valence-electron chi connectivity index (χ3n) is 3.04. The zero-order valence-corrected chi connectivity index (χ0v) is 11.9. The number of rotatable bonds is 4. The summed E-state index contributed by atoms with van der Waals surface area (Å²) in [6.07, 6.45) is 1.28. The molecule has 2 heterocycles. The Hall–Kier alpha value is -0.760. The summed E-state index contributed by atoms with van der Waals surface area (Å²) in [7, 11) is -3.84. The lowest BCUT2D eigenvalue weighted by Gasteiger charge is -2.33. The lowest BCUT2D eigenvalue weighted by Crippen LogP contribution is -2.49. The van der Waals surface area contributed by atoms with Gasteiger partial charge in [0.25, 0.3) is 10.0 Å². The number of alkyl halides is 1. The van der Waals surface area contributed by atoms with Crippen molar-refractivity contribution in [2.75, 3.05) is 38.6 Å². The van der Waals surface area contributed by atoms with E-state index in [4.69, 9.17) is 11.6 Å². The Morgan fingerprint density at radius 2 is 2.00 bits per heavy atom. The molecule has 0 N–H and O–H groups in total. The standard InChI is InChI=1S/C11H15ClFN3O2S/c12-3-5-15-6-8-16(9-7-15)19(17,18)11-10(13)2-1-4-14-11/h1-2,4H,3,5-9H2. The molecule has 2 rings (SSSR count). The van der Waals surface area contributed by atoms with Gasteiger partial charge in [0.2, 0.25) is 5.03 Å². The number of piperazine rings is 1. The molecular weight excluding hydrogens is 293 g/mol. The van der Waals surface area contributed by atoms with Gasteiger partial charge in [0.1, 0.15) is 0 Å². The number of halogens is 2. The molecule has 0 atom stereocenters. The van der Waals surface area contributed by atoms with Crippen LogP contribution in [0, 0.1) is 5.82 Å². The van der Waals surface area contributed by atoms with Gasteiger partial charge < -0.3 is 0 Å². The fourth-order valence-electron chi connectivity index (χ4n) is 2.00. The van der Waals surface area contributed by atoms with Crippen molar-refractivity contribution in [2.24, 2.45) is 0 Å². The average Bonchev–Trinajstić information content (AvgIpc) is 2.40. The Morgan fingerprint density at radius 3 is 2.58 bits per heavy atom. The number of nitrogens with zero attached hydrogens (tertiary/aromatic N) is 3. The lowest BCUT2D eigenvalue weighted by molar-refractivity contribution is 0.196. The van der Waals surface area contributed by atoms with E-state index in [2.05, 4.69) is 9.88 Å². The Balaban J connectivity index is 2.12. The van der Waals surface area contributed by atoms with E-state index < -0.39 is 20.9 Å². The first-order valence-electron chi connectivity index (χ1n) is 5.94. The number of hydrogen-bond donors (Lipinski definition) is 0. The minimum atomic E-state index is -3.84. The minimum Gasteiger partial charge on any atom is -0.300 e. The highest BCUT2D eigenvalue weighted by molar-refractivity contribution is 7.89. The van der Waals surface area contributed by atoms with Crippen molar-refractivity contribution in [3.05, 3.63) is 24.1 Å². The van der Waals surface area contributed by atoms with Crippen LogP contribution in [0.25, 0.3) is 0 Å². The summed E-state index contributed by atoms with van der Waals surface area (Å²) in [6.45, 7) is 2.58. The third kappa shape index (κ3) is 3.22. The van der Waals surface area contributed by atoms with E-state index in [1.807, 2.05) is 0 Å². The molecule has 1 aromatic rings. The van der Waals surface area contributed by atoms with E-state index >= 15 is 0 Å². The maximum Gasteiger partial charge on any atom is 0.263 e. The van der Waals surface area contributed by atoms with Gasteiger partial charge in [-0.3, -0.25) is 4.90 Å². The molecular formula is C11H15ClFN3O2S. The Kier molecular flexibility index (Phi) is 4.72. The van der Waals surface area contributed by atoms with E-state index in [-0.39, 0.29) is 0 Å². The highest BCUT2D eigenvalue weighted by Gasteiger charge is 2.31. The van der Waals surface area contributed by atoms with Crippen LogP contribution in [0.1, 0.15) is 0 Å². The second-order valence-electron chi connectivity index (χ2n) is 4.23. The molecule has 5 nitrogen and oxygen atoms in total. The van der Waals surface area contributed by atoms with E-state index in [1.54, 1.807) is 0 Å². The van der Waals surface area contributed by atoms with E-state index in [9.17, 15) is 12.8 Å². The van der Waals surface area contributed by atoms with E-state index in [0.717, 1.165) is 12.6 Å². The van der Waals surface area contributed by atoms with Crippen LogP contribution < -0.4 is 0 Å². The zero-order chi connectivity index (χ0) is 13.9. The first kappa shape index (κ1) is 14.6. The van der Waals surface area contributed by atoms with Gasteiger partial charge in [0.15, 0.2) is 5.82 Å². The van der Waals surface area contributed by atoms with Crippen molar-refractivity contribution >= 4 is 21.6 Å². The Bertz CT molecular complexity index is 532. The van der Waals surface area contributed by atoms with Gasteiger partial charge in [0, 0.05) is 44.8 Å². The molecule has 0 aromatic carbocycles. The molecule has 0 radical (unpaired) electrons. The van der Waals surface area contributed by atoms with Crippen LogP contribution >= 0.6 is 11.6 Å². The van der Waals surface area contributed by atoms with Crippen LogP contribution in [0.4, 0.5) is 4.39 Å². The molecule has 1 fully saturated rings. The third-order valence-corrected chi connectivity index (χ3v) is 5.04. The first-order chi connectivity index (χ1) is 9.05.